The van der Waals surface area contributed by atoms with Gasteiger partial charge >= 0.3 is 0 Å². The third-order valence-corrected chi connectivity index (χ3v) is 3.98. The average molecular weight is 365 g/mol. The Kier molecular flexibility index (Phi) is 4.82. The Morgan fingerprint density at radius 1 is 1.22 bits per heavy atom. The quantitative estimate of drug-likeness (QED) is 0.434. The monoisotopic (exact) mass is 365 g/mol. The Morgan fingerprint density at radius 2 is 2.19 bits per heavy atom. The normalized spacial score (nSPS) is 12.0. The predicted molar refractivity (Wildman–Crippen MR) is 98.6 cm³/mol. The number of hydrogen-bond donors (Lipinski definition) is 3. The fraction of sp³-hybridized carbons (Fsp3) is 0.222. The van der Waals surface area contributed by atoms with Crippen LogP contribution in [-0.4, -0.2) is 25.1 Å². The minimum Gasteiger partial charge on any atom is -0.469 e. The van der Waals surface area contributed by atoms with Crippen LogP contribution >= 0.6 is 0 Å². The molecule has 0 saturated heterocycles. The highest BCUT2D eigenvalue weighted by Crippen LogP contribution is 2.18. The molecule has 4 heterocycles. The molecule has 4 aromatic rings. The van der Waals surface area contributed by atoms with E-state index in [9.17, 15) is 0 Å². The van der Waals surface area contributed by atoms with Gasteiger partial charge in [-0.15, -0.1) is 0 Å². The van der Waals surface area contributed by atoms with Gasteiger partial charge in [0.25, 0.3) is 0 Å². The van der Waals surface area contributed by atoms with Crippen molar-refractivity contribution in [1.29, 1.82) is 0 Å². The van der Waals surface area contributed by atoms with Gasteiger partial charge in [-0.05, 0) is 31.5 Å². The molecule has 0 aliphatic rings. The molecule has 0 bridgehead atoms. The van der Waals surface area contributed by atoms with Crippen LogP contribution in [0.15, 0.2) is 58.2 Å². The van der Waals surface area contributed by atoms with Gasteiger partial charge in [-0.3, -0.25) is 5.10 Å². The molecule has 4 rings (SSSR count). The number of hydrogen-bond acceptors (Lipinski definition) is 8. The molecule has 0 radical (unpaired) electrons. The minimum absolute atomic E-state index is 0.0943. The Hall–Kier alpha value is -3.62. The van der Waals surface area contributed by atoms with E-state index in [2.05, 4.69) is 35.8 Å². The van der Waals surface area contributed by atoms with Crippen LogP contribution in [0.3, 0.4) is 0 Å². The second-order valence-corrected chi connectivity index (χ2v) is 6.01. The molecule has 9 heteroatoms. The summed E-state index contributed by atoms with van der Waals surface area (Å²) < 4.78 is 10.6. The van der Waals surface area contributed by atoms with E-state index in [1.165, 1.54) is 6.39 Å². The van der Waals surface area contributed by atoms with Crippen molar-refractivity contribution in [3.05, 3.63) is 66.5 Å². The van der Waals surface area contributed by atoms with Crippen molar-refractivity contribution in [1.82, 2.24) is 25.1 Å². The molecule has 0 fully saturated rings. The van der Waals surface area contributed by atoms with Crippen molar-refractivity contribution in [3.8, 4) is 0 Å². The Balaban J connectivity index is 1.36. The number of H-pyrrole nitrogens is 1. The number of rotatable bonds is 8. The molecule has 0 aliphatic carbocycles. The van der Waals surface area contributed by atoms with Gasteiger partial charge in [0.05, 0.1) is 24.2 Å². The molecule has 0 aliphatic heterocycles. The molecule has 138 valence electrons. The van der Waals surface area contributed by atoms with Crippen LogP contribution < -0.4 is 10.6 Å². The number of oxazole rings is 1. The summed E-state index contributed by atoms with van der Waals surface area (Å²) in [4.78, 5) is 12.6. The van der Waals surface area contributed by atoms with E-state index in [4.69, 9.17) is 8.83 Å². The van der Waals surface area contributed by atoms with Crippen molar-refractivity contribution in [3.63, 3.8) is 0 Å². The van der Waals surface area contributed by atoms with Gasteiger partial charge in [-0.25, -0.2) is 9.97 Å². The summed E-state index contributed by atoms with van der Waals surface area (Å²) in [6.07, 6.45) is 8.01. The third kappa shape index (κ3) is 4.32. The summed E-state index contributed by atoms with van der Waals surface area (Å²) in [6.45, 7) is 1.95. The van der Waals surface area contributed by atoms with E-state index in [1.807, 2.05) is 25.1 Å². The predicted octanol–water partition coefficient (Wildman–Crippen LogP) is 3.48. The zero-order valence-corrected chi connectivity index (χ0v) is 14.7. The second kappa shape index (κ2) is 7.73. The number of nitrogens with one attached hydrogen (secondary N) is 3. The first-order chi connectivity index (χ1) is 13.3. The molecule has 0 spiro atoms. The maximum Gasteiger partial charge on any atom is 0.225 e. The molecule has 1 unspecified atom stereocenters. The number of nitrogens with zero attached hydrogens (tertiary/aromatic N) is 4. The lowest BCUT2D eigenvalue weighted by atomic mass is 10.2. The van der Waals surface area contributed by atoms with E-state index < -0.39 is 0 Å². The minimum atomic E-state index is -0.0943. The van der Waals surface area contributed by atoms with Crippen molar-refractivity contribution >= 4 is 17.6 Å². The van der Waals surface area contributed by atoms with E-state index >= 15 is 0 Å². The van der Waals surface area contributed by atoms with Gasteiger partial charge in [-0.1, -0.05) is 0 Å². The van der Waals surface area contributed by atoms with Crippen LogP contribution in [0.4, 0.5) is 17.6 Å². The Bertz CT molecular complexity index is 963. The van der Waals surface area contributed by atoms with Crippen molar-refractivity contribution in [2.75, 3.05) is 10.6 Å². The second-order valence-electron chi connectivity index (χ2n) is 6.01. The van der Waals surface area contributed by atoms with Crippen molar-refractivity contribution < 1.29 is 8.83 Å². The molecular weight excluding hydrogens is 346 g/mol. The summed E-state index contributed by atoms with van der Waals surface area (Å²) in [7, 11) is 0. The molecule has 0 aromatic carbocycles. The highest BCUT2D eigenvalue weighted by molar-refractivity contribution is 5.53. The topological polar surface area (TPSA) is 118 Å². The lowest BCUT2D eigenvalue weighted by Gasteiger charge is -2.11. The highest BCUT2D eigenvalue weighted by Gasteiger charge is 2.11. The molecule has 27 heavy (non-hydrogen) atoms. The standard InChI is InChI=1S/C18H19N7O2/c1-12(15-10-19-11-27-15)21-18-20-7-6-16(23-18)22-17-9-13(24-25-17)4-5-14-3-2-8-26-14/h2-3,6-12H,4-5H2,1H3,(H3,20,21,22,23,24,25). The molecule has 9 nitrogen and oxygen atoms in total. The molecule has 1 atom stereocenters. The van der Waals surface area contributed by atoms with Crippen molar-refractivity contribution in [2.24, 2.45) is 0 Å². The van der Waals surface area contributed by atoms with Crippen LogP contribution in [0, 0.1) is 0 Å². The SMILES string of the molecule is CC(Nc1nccc(Nc2cc(CCc3ccco3)n[nH]2)n1)c1cnco1. The van der Waals surface area contributed by atoms with Gasteiger partial charge in [0.15, 0.2) is 6.39 Å². The molecule has 4 aromatic heterocycles. The maximum atomic E-state index is 5.34. The van der Waals surface area contributed by atoms with Gasteiger partial charge < -0.3 is 19.5 Å². The van der Waals surface area contributed by atoms with E-state index in [0.717, 1.165) is 30.1 Å². The fourth-order valence-electron chi connectivity index (χ4n) is 2.60. The Morgan fingerprint density at radius 3 is 3.00 bits per heavy atom. The van der Waals surface area contributed by atoms with Gasteiger partial charge in [0.2, 0.25) is 5.95 Å². The first-order valence-electron chi connectivity index (χ1n) is 8.58. The van der Waals surface area contributed by atoms with Gasteiger partial charge in [0, 0.05) is 18.7 Å². The summed E-state index contributed by atoms with van der Waals surface area (Å²) in [5.41, 5.74) is 0.945. The maximum absolute atomic E-state index is 5.34. The number of aromatic amines is 1. The number of anilines is 3. The zero-order valence-electron chi connectivity index (χ0n) is 14.7. The zero-order chi connectivity index (χ0) is 18.5. The lowest BCUT2D eigenvalue weighted by Crippen LogP contribution is -2.09. The number of aromatic nitrogens is 5. The molecule has 0 saturated carbocycles. The average Bonchev–Trinajstić information content (AvgIpc) is 3.43. The molecular formula is C18H19N7O2. The first-order valence-corrected chi connectivity index (χ1v) is 8.58. The van der Waals surface area contributed by atoms with Crippen LogP contribution in [-0.2, 0) is 12.8 Å². The third-order valence-electron chi connectivity index (χ3n) is 3.98. The van der Waals surface area contributed by atoms with Gasteiger partial charge in [0.1, 0.15) is 23.2 Å². The van der Waals surface area contributed by atoms with Crippen LogP contribution in [0.25, 0.3) is 0 Å². The summed E-state index contributed by atoms with van der Waals surface area (Å²) in [6, 6.07) is 7.49. The summed E-state index contributed by atoms with van der Waals surface area (Å²) in [5.74, 6) is 3.56. The van der Waals surface area contributed by atoms with Crippen molar-refractivity contribution in [2.45, 2.75) is 25.8 Å². The number of aryl methyl sites for hydroxylation is 2. The summed E-state index contributed by atoms with van der Waals surface area (Å²) >= 11 is 0. The summed E-state index contributed by atoms with van der Waals surface area (Å²) in [5, 5.41) is 13.7. The van der Waals surface area contributed by atoms with Crippen LogP contribution in [0.2, 0.25) is 0 Å². The van der Waals surface area contributed by atoms with Crippen LogP contribution in [0.5, 0.6) is 0 Å². The largest absolute Gasteiger partial charge is 0.469 e. The first kappa shape index (κ1) is 16.8. The number of furan rings is 1. The van der Waals surface area contributed by atoms with Crippen LogP contribution in [0.1, 0.15) is 30.2 Å². The van der Waals surface area contributed by atoms with E-state index in [0.29, 0.717) is 17.5 Å². The lowest BCUT2D eigenvalue weighted by molar-refractivity contribution is 0.485. The van der Waals surface area contributed by atoms with E-state index in [1.54, 1.807) is 24.7 Å². The Labute approximate surface area is 155 Å². The van der Waals surface area contributed by atoms with E-state index in [-0.39, 0.29) is 6.04 Å². The fourth-order valence-corrected chi connectivity index (χ4v) is 2.60. The molecule has 3 N–H and O–H groups in total. The van der Waals surface area contributed by atoms with Gasteiger partial charge in [-0.2, -0.15) is 10.1 Å². The smallest absolute Gasteiger partial charge is 0.225 e. The highest BCUT2D eigenvalue weighted by atomic mass is 16.3. The molecule has 0 amide bonds.